The molecular weight excluding hydrogens is 937 g/mol. The van der Waals surface area contributed by atoms with Gasteiger partial charge in [-0.05, 0) is 72.9 Å². The van der Waals surface area contributed by atoms with E-state index in [0.717, 1.165) is 127 Å². The smallest absolute Gasteiger partial charge is 0.153 e. The lowest BCUT2D eigenvalue weighted by molar-refractivity contribution is 0.163. The molecule has 10 aromatic rings. The zero-order valence-corrected chi connectivity index (χ0v) is 40.6. The average molecular weight is 989 g/mol. The number of aliphatic hydroxyl groups is 2. The van der Waals surface area contributed by atoms with Gasteiger partial charge >= 0.3 is 0 Å². The van der Waals surface area contributed by atoms with Crippen LogP contribution in [0.3, 0.4) is 0 Å². The van der Waals surface area contributed by atoms with Crippen LogP contribution >= 0.6 is 0 Å². The maximum absolute atomic E-state index is 10.3. The van der Waals surface area contributed by atoms with E-state index < -0.39 is 12.2 Å². The number of nitrogens with one attached hydrogen (secondary N) is 4. The molecule has 0 aliphatic carbocycles. The van der Waals surface area contributed by atoms with Gasteiger partial charge in [-0.3, -0.25) is 19.3 Å². The lowest BCUT2D eigenvalue weighted by atomic mass is 9.98. The number of fused-ring (bicyclic) bond motifs is 8. The van der Waals surface area contributed by atoms with Gasteiger partial charge in [0.05, 0.1) is 59.4 Å². The van der Waals surface area contributed by atoms with E-state index in [-0.39, 0.29) is 0 Å². The first-order valence-corrected chi connectivity index (χ1v) is 24.7. The highest BCUT2D eigenvalue weighted by molar-refractivity contribution is 5.96. The number of nitrogen functional groups attached to an aromatic ring is 2. The number of pyridine rings is 6. The molecule has 0 bridgehead atoms. The Labute approximate surface area is 423 Å². The fourth-order valence-corrected chi connectivity index (χ4v) is 10.5. The number of hydrogen-bond donors (Lipinski definition) is 8. The Morgan fingerprint density at radius 1 is 0.568 bits per heavy atom. The predicted molar refractivity (Wildman–Crippen MR) is 281 cm³/mol. The third kappa shape index (κ3) is 8.09. The second-order valence-corrected chi connectivity index (χ2v) is 19.1. The number of rotatable bonds is 6. The maximum Gasteiger partial charge on any atom is 0.153 e. The molecule has 14 heterocycles. The van der Waals surface area contributed by atoms with E-state index in [1.54, 1.807) is 24.8 Å². The standard InChI is InChI=1S/2C26H26N10O/c2*1-14-17(11-31-25-20(37)2-4-29-24(14)25)19-8-15-9-21(30-12-18(15)26(27)32-19)33-22-10-16-3-6-35-7-5-28-23(35)13-36(16)34-22/h2*5,7-12,20,29,37H,2-4,6,13H2,1H3,(H2,27,32)(H,30,33,34)/t2*20-/m10/s1. The number of aromatic nitrogens is 14. The van der Waals surface area contributed by atoms with E-state index in [1.807, 2.05) is 72.3 Å². The zero-order valence-electron chi connectivity index (χ0n) is 40.6. The van der Waals surface area contributed by atoms with Crippen LogP contribution in [0.15, 0.2) is 86.0 Å². The summed E-state index contributed by atoms with van der Waals surface area (Å²) in [6.45, 7) is 8.48. The number of imidazole rings is 2. The summed E-state index contributed by atoms with van der Waals surface area (Å²) in [5, 5.41) is 46.9. The maximum atomic E-state index is 10.3. The molecule has 10 aromatic heterocycles. The van der Waals surface area contributed by atoms with Crippen molar-refractivity contribution in [2.24, 2.45) is 0 Å². The molecule has 0 spiro atoms. The summed E-state index contributed by atoms with van der Waals surface area (Å²) in [4.78, 5) is 36.4. The third-order valence-electron chi connectivity index (χ3n) is 14.5. The second kappa shape index (κ2) is 17.9. The van der Waals surface area contributed by atoms with Gasteiger partial charge in [-0.25, -0.2) is 29.9 Å². The number of nitrogens with zero attached hydrogens (tertiary/aromatic N) is 14. The van der Waals surface area contributed by atoms with Gasteiger partial charge in [-0.2, -0.15) is 10.2 Å². The second-order valence-electron chi connectivity index (χ2n) is 19.1. The molecule has 4 aliphatic rings. The minimum Gasteiger partial charge on any atom is -0.387 e. The number of aryl methyl sites for hydroxylation is 4. The van der Waals surface area contributed by atoms with Crippen LogP contribution in [-0.4, -0.2) is 91.9 Å². The Balaban J connectivity index is 0.000000143. The van der Waals surface area contributed by atoms with E-state index in [4.69, 9.17) is 21.7 Å². The predicted octanol–water partition coefficient (Wildman–Crippen LogP) is 6.34. The molecular formula is C52H52N20O2. The summed E-state index contributed by atoms with van der Waals surface area (Å²) >= 11 is 0. The van der Waals surface area contributed by atoms with Crippen molar-refractivity contribution in [2.45, 2.75) is 77.9 Å². The summed E-state index contributed by atoms with van der Waals surface area (Å²) in [6.07, 6.45) is 16.6. The number of nitrogens with two attached hydrogens (primary N) is 2. The summed E-state index contributed by atoms with van der Waals surface area (Å²) in [7, 11) is 0. The minimum atomic E-state index is -0.557. The van der Waals surface area contributed by atoms with Crippen LogP contribution in [-0.2, 0) is 39.0 Å². The minimum absolute atomic E-state index is 0.404. The Morgan fingerprint density at radius 3 is 1.49 bits per heavy atom. The van der Waals surface area contributed by atoms with Gasteiger partial charge < -0.3 is 52.1 Å². The lowest BCUT2D eigenvalue weighted by Crippen LogP contribution is -2.19. The van der Waals surface area contributed by atoms with Crippen LogP contribution < -0.4 is 32.7 Å². The molecule has 0 fully saturated rings. The van der Waals surface area contributed by atoms with E-state index >= 15 is 0 Å². The molecule has 0 unspecified atom stereocenters. The highest BCUT2D eigenvalue weighted by Crippen LogP contribution is 2.39. The van der Waals surface area contributed by atoms with E-state index in [1.165, 1.54) is 0 Å². The molecule has 10 N–H and O–H groups in total. The van der Waals surface area contributed by atoms with Crippen LogP contribution in [0, 0.1) is 13.8 Å². The Kier molecular flexibility index (Phi) is 10.9. The zero-order chi connectivity index (χ0) is 50.2. The molecule has 4 aliphatic heterocycles. The highest BCUT2D eigenvalue weighted by Gasteiger charge is 2.26. The third-order valence-corrected chi connectivity index (χ3v) is 14.5. The van der Waals surface area contributed by atoms with Crippen LogP contribution in [0.5, 0.6) is 0 Å². The number of anilines is 8. The normalized spacial score (nSPS) is 16.4. The van der Waals surface area contributed by atoms with Crippen molar-refractivity contribution in [3.8, 4) is 22.5 Å². The summed E-state index contributed by atoms with van der Waals surface area (Å²) < 4.78 is 8.32. The molecule has 0 saturated heterocycles. The van der Waals surface area contributed by atoms with Gasteiger partial charge in [-0.15, -0.1) is 0 Å². The topological polar surface area (TPSA) is 289 Å². The van der Waals surface area contributed by atoms with Gasteiger partial charge in [0.2, 0.25) is 0 Å². The first-order chi connectivity index (χ1) is 36.1. The van der Waals surface area contributed by atoms with Crippen molar-refractivity contribution in [1.82, 2.24) is 68.6 Å². The fourth-order valence-electron chi connectivity index (χ4n) is 10.5. The van der Waals surface area contributed by atoms with Crippen molar-refractivity contribution in [3.05, 3.63) is 132 Å². The van der Waals surface area contributed by atoms with E-state index in [0.29, 0.717) is 73.7 Å². The average Bonchev–Trinajstić information content (AvgIpc) is 4.18. The van der Waals surface area contributed by atoms with Crippen LogP contribution in [0.4, 0.5) is 46.3 Å². The molecule has 14 rings (SSSR count). The molecule has 0 amide bonds. The van der Waals surface area contributed by atoms with Crippen LogP contribution in [0.25, 0.3) is 44.1 Å². The molecule has 22 heteroatoms. The molecule has 2 atom stereocenters. The van der Waals surface area contributed by atoms with Crippen molar-refractivity contribution >= 4 is 67.8 Å². The van der Waals surface area contributed by atoms with Gasteiger partial charge in [0, 0.05) is 134 Å². The van der Waals surface area contributed by atoms with Crippen LogP contribution in [0.2, 0.25) is 0 Å². The molecule has 0 saturated carbocycles. The molecule has 74 heavy (non-hydrogen) atoms. The number of aliphatic hydroxyl groups excluding tert-OH is 2. The molecule has 0 aromatic carbocycles. The first kappa shape index (κ1) is 44.9. The van der Waals surface area contributed by atoms with Gasteiger partial charge in [0.25, 0.3) is 0 Å². The highest BCUT2D eigenvalue weighted by atomic mass is 16.3. The van der Waals surface area contributed by atoms with E-state index in [2.05, 4.69) is 82.4 Å². The summed E-state index contributed by atoms with van der Waals surface area (Å²) in [6, 6.07) is 12.0. The Hall–Kier alpha value is -9.02. The van der Waals surface area contributed by atoms with Gasteiger partial charge in [0.15, 0.2) is 11.6 Å². The molecule has 372 valence electrons. The van der Waals surface area contributed by atoms with Crippen molar-refractivity contribution in [2.75, 3.05) is 45.8 Å². The SMILES string of the molecule is Cc1c(-c2cc3cc(Nc4cc5n(n4)Cc4nccn4CC5)ncc3c(N)n2)cnc2c1NCC[C@@H]2O.Cc1c(-c2cc3cc(Nc4cc5n(n4)Cc4nccn4CC5)ncc3c(N)n2)cnc2c1NCC[C@H]2O. The number of hydrogen-bond acceptors (Lipinski definition) is 18. The fraction of sp³-hybridized carbons (Fsp3) is 0.269. The Morgan fingerprint density at radius 2 is 1.03 bits per heavy atom. The summed E-state index contributed by atoms with van der Waals surface area (Å²) in [5.41, 5.74) is 23.3. The quantitative estimate of drug-likeness (QED) is 0.0901. The first-order valence-electron chi connectivity index (χ1n) is 24.7. The van der Waals surface area contributed by atoms with Gasteiger partial charge in [0.1, 0.15) is 34.9 Å². The Bertz CT molecular complexity index is 3590. The largest absolute Gasteiger partial charge is 0.387 e. The van der Waals surface area contributed by atoms with Crippen molar-refractivity contribution in [3.63, 3.8) is 0 Å². The molecule has 22 nitrogen and oxygen atoms in total. The van der Waals surface area contributed by atoms with E-state index in [9.17, 15) is 10.2 Å². The monoisotopic (exact) mass is 988 g/mol. The van der Waals surface area contributed by atoms with Crippen molar-refractivity contribution in [1.29, 1.82) is 0 Å². The van der Waals surface area contributed by atoms with Crippen molar-refractivity contribution < 1.29 is 10.2 Å². The van der Waals surface area contributed by atoms with Crippen LogP contribution in [0.1, 0.15) is 70.6 Å². The molecule has 0 radical (unpaired) electrons. The summed E-state index contributed by atoms with van der Waals surface area (Å²) in [5.74, 6) is 5.63. The lowest BCUT2D eigenvalue weighted by Gasteiger charge is -2.24. The van der Waals surface area contributed by atoms with Gasteiger partial charge in [-0.1, -0.05) is 0 Å².